The fraction of sp³-hybridized carbons (Fsp3) is 0.583. The van der Waals surface area contributed by atoms with E-state index in [1.807, 2.05) is 50.4 Å². The number of cyclic esters (lactones) is 1. The van der Waals surface area contributed by atoms with Crippen molar-refractivity contribution in [3.8, 4) is 0 Å². The largest absolute Gasteiger partial charge is 0.463 e. The van der Waals surface area contributed by atoms with E-state index in [0.29, 0.717) is 38.6 Å². The SMILES string of the molecule is C/C1=C\CC[C@H](C)OC(=O)CCNC(=O)[C@@H](Cc2c[nH]c3ccccc23)N(C)C(=O)[C@H](CCCCNC(=O)OC(C)(C)C)NC(=O)[C@@H](OI)C1. The maximum absolute atomic E-state index is 14.3. The fourth-order valence-corrected chi connectivity index (χ4v) is 6.08. The Morgan fingerprint density at radius 1 is 1.12 bits per heavy atom. The van der Waals surface area contributed by atoms with E-state index in [1.54, 1.807) is 50.8 Å². The van der Waals surface area contributed by atoms with Crippen LogP contribution in [0.25, 0.3) is 10.9 Å². The molecule has 1 aliphatic heterocycles. The number of halogens is 1. The first-order chi connectivity index (χ1) is 23.7. The molecule has 3 rings (SSSR count). The van der Waals surface area contributed by atoms with Crippen molar-refractivity contribution in [3.63, 3.8) is 0 Å². The predicted molar refractivity (Wildman–Crippen MR) is 198 cm³/mol. The summed E-state index contributed by atoms with van der Waals surface area (Å²) in [5.41, 5.74) is 2.01. The third kappa shape index (κ3) is 13.2. The number of hydrogen-bond acceptors (Lipinski definition) is 8. The molecule has 0 unspecified atom stereocenters. The highest BCUT2D eigenvalue weighted by atomic mass is 127. The molecule has 1 aromatic heterocycles. The fourth-order valence-electron chi connectivity index (χ4n) is 5.67. The molecule has 50 heavy (non-hydrogen) atoms. The van der Waals surface area contributed by atoms with Crippen molar-refractivity contribution < 1.29 is 36.5 Å². The summed E-state index contributed by atoms with van der Waals surface area (Å²) in [6.07, 6.45) is 5.00. The van der Waals surface area contributed by atoms with Crippen LogP contribution in [0.5, 0.6) is 0 Å². The van der Waals surface area contributed by atoms with Crippen LogP contribution in [0.1, 0.15) is 85.1 Å². The first-order valence-electron chi connectivity index (χ1n) is 17.2. The normalized spacial score (nSPS) is 23.4. The van der Waals surface area contributed by atoms with Gasteiger partial charge in [0.2, 0.25) is 11.8 Å². The van der Waals surface area contributed by atoms with E-state index in [4.69, 9.17) is 12.5 Å². The number of carbonyl (C=O) groups is 5. The number of likely N-dealkylation sites (N-methyl/N-ethyl adjacent to an activating group) is 1. The third-order valence-corrected chi connectivity index (χ3v) is 8.96. The monoisotopic (exact) mass is 809 g/mol. The van der Waals surface area contributed by atoms with Gasteiger partial charge in [-0.1, -0.05) is 29.8 Å². The number of fused-ring (bicyclic) bond motifs is 1. The van der Waals surface area contributed by atoms with Gasteiger partial charge >= 0.3 is 12.1 Å². The molecule has 0 spiro atoms. The van der Waals surface area contributed by atoms with Crippen molar-refractivity contribution in [1.82, 2.24) is 25.8 Å². The first kappa shape index (κ1) is 40.8. The predicted octanol–water partition coefficient (Wildman–Crippen LogP) is 5.02. The molecule has 13 nitrogen and oxygen atoms in total. The number of carbonyl (C=O) groups excluding carboxylic acids is 5. The van der Waals surface area contributed by atoms with Gasteiger partial charge in [-0.2, -0.15) is 0 Å². The summed E-state index contributed by atoms with van der Waals surface area (Å²) in [4.78, 5) is 70.9. The maximum atomic E-state index is 14.3. The maximum Gasteiger partial charge on any atom is 0.407 e. The summed E-state index contributed by atoms with van der Waals surface area (Å²) in [5, 5.41) is 9.36. The van der Waals surface area contributed by atoms with E-state index < -0.39 is 53.6 Å². The van der Waals surface area contributed by atoms with Gasteiger partial charge in [-0.3, -0.25) is 19.2 Å². The highest BCUT2D eigenvalue weighted by Crippen LogP contribution is 2.22. The number of amides is 4. The summed E-state index contributed by atoms with van der Waals surface area (Å²) in [6, 6.07) is 5.73. The zero-order valence-corrected chi connectivity index (χ0v) is 32.1. The number of rotatable bonds is 8. The molecule has 0 radical (unpaired) electrons. The molecule has 1 aliphatic rings. The molecular weight excluding hydrogens is 757 g/mol. The minimum Gasteiger partial charge on any atom is -0.463 e. The van der Waals surface area contributed by atoms with Gasteiger partial charge in [-0.05, 0) is 78.4 Å². The number of esters is 1. The Morgan fingerprint density at radius 3 is 2.58 bits per heavy atom. The number of alkyl carbamates (subject to hydrolysis) is 1. The van der Waals surface area contributed by atoms with Crippen molar-refractivity contribution in [2.24, 2.45) is 0 Å². The highest BCUT2D eigenvalue weighted by Gasteiger charge is 2.34. The summed E-state index contributed by atoms with van der Waals surface area (Å²) in [7, 11) is 1.54. The van der Waals surface area contributed by atoms with Gasteiger partial charge in [-0.15, -0.1) is 0 Å². The number of para-hydroxylation sites is 1. The van der Waals surface area contributed by atoms with Crippen LogP contribution >= 0.6 is 23.0 Å². The van der Waals surface area contributed by atoms with Crippen LogP contribution < -0.4 is 16.0 Å². The van der Waals surface area contributed by atoms with E-state index in [0.717, 1.165) is 22.0 Å². The Morgan fingerprint density at radius 2 is 1.86 bits per heavy atom. The van der Waals surface area contributed by atoms with E-state index in [2.05, 4.69) is 20.9 Å². The molecule has 0 bridgehead atoms. The Hall–Kier alpha value is -3.66. The first-order valence-corrected chi connectivity index (χ1v) is 18.1. The number of aromatic amines is 1. The lowest BCUT2D eigenvalue weighted by Crippen LogP contribution is -2.56. The summed E-state index contributed by atoms with van der Waals surface area (Å²) in [5.74, 6) is -1.78. The van der Waals surface area contributed by atoms with Gasteiger partial charge in [0.05, 0.1) is 12.5 Å². The van der Waals surface area contributed by atoms with Gasteiger partial charge in [0, 0.05) is 50.1 Å². The molecule has 2 heterocycles. The molecule has 0 saturated carbocycles. The molecule has 0 fully saturated rings. The number of nitrogens with zero attached hydrogens (tertiary/aromatic N) is 1. The smallest absolute Gasteiger partial charge is 0.407 e. The van der Waals surface area contributed by atoms with Crippen LogP contribution in [-0.4, -0.2) is 89.7 Å². The lowest BCUT2D eigenvalue weighted by Gasteiger charge is -2.31. The molecule has 2 aromatic rings. The second kappa shape index (κ2) is 19.7. The number of aromatic nitrogens is 1. The van der Waals surface area contributed by atoms with Crippen LogP contribution in [0.3, 0.4) is 0 Å². The average molecular weight is 810 g/mol. The topological polar surface area (TPSA) is 168 Å². The zero-order valence-electron chi connectivity index (χ0n) is 29.9. The van der Waals surface area contributed by atoms with E-state index >= 15 is 0 Å². The van der Waals surface area contributed by atoms with Crippen LogP contribution in [0.2, 0.25) is 0 Å². The number of hydrogen-bond donors (Lipinski definition) is 4. The number of nitrogens with one attached hydrogen (secondary N) is 4. The number of ether oxygens (including phenoxy) is 2. The number of benzene rings is 1. The van der Waals surface area contributed by atoms with Crippen LogP contribution in [0, 0.1) is 0 Å². The van der Waals surface area contributed by atoms with E-state index in [9.17, 15) is 24.0 Å². The van der Waals surface area contributed by atoms with Gasteiger partial charge in [0.1, 0.15) is 40.7 Å². The Labute approximate surface area is 308 Å². The van der Waals surface area contributed by atoms with E-state index in [-0.39, 0.29) is 31.9 Å². The average Bonchev–Trinajstić information content (AvgIpc) is 3.46. The van der Waals surface area contributed by atoms with Crippen LogP contribution in [0.15, 0.2) is 42.1 Å². The molecule has 276 valence electrons. The number of allylic oxidation sites excluding steroid dienone is 1. The Kier molecular flexibility index (Phi) is 16.0. The second-order valence-electron chi connectivity index (χ2n) is 13.8. The van der Waals surface area contributed by atoms with Gasteiger partial charge in [0.25, 0.3) is 5.91 Å². The third-order valence-electron chi connectivity index (χ3n) is 8.34. The van der Waals surface area contributed by atoms with Crippen molar-refractivity contribution in [2.45, 2.75) is 116 Å². The molecule has 4 N–H and O–H groups in total. The molecule has 0 saturated heterocycles. The lowest BCUT2D eigenvalue weighted by atomic mass is 10.0. The van der Waals surface area contributed by atoms with Crippen molar-refractivity contribution in [2.75, 3.05) is 20.1 Å². The van der Waals surface area contributed by atoms with Crippen molar-refractivity contribution in [1.29, 1.82) is 0 Å². The summed E-state index contributed by atoms with van der Waals surface area (Å²) < 4.78 is 16.4. The molecular formula is C36H52IN5O8. The molecule has 4 amide bonds. The molecule has 4 atom stereocenters. The highest BCUT2D eigenvalue weighted by molar-refractivity contribution is 14.1. The summed E-state index contributed by atoms with van der Waals surface area (Å²) >= 11 is 1.69. The van der Waals surface area contributed by atoms with Gasteiger partial charge in [-0.25, -0.2) is 4.79 Å². The number of unbranched alkanes of at least 4 members (excludes halogenated alkanes) is 1. The van der Waals surface area contributed by atoms with Crippen molar-refractivity contribution >= 4 is 63.7 Å². The standard InChI is InChI=1S/C36H52IN5O8/c1-23-12-11-13-24(2)48-31(43)17-19-38-32(44)29(21-25-22-40-27-15-8-7-14-26(25)27)42(6)34(46)28(41-33(45)30(20-23)50-37)16-9-10-18-39-35(47)49-36(3,4)5/h7-8,12,14-15,22,24,28-30,40H,9-11,13,16-21H2,1-6H3,(H,38,44)(H,39,47)(H,41,45)/b23-12+/t24-,28-,29+,30-/m0/s1. The number of H-pyrrole nitrogens is 1. The zero-order chi connectivity index (χ0) is 36.8. The molecule has 0 aliphatic carbocycles. The minimum atomic E-state index is -0.983. The van der Waals surface area contributed by atoms with Gasteiger partial charge in [0.15, 0.2) is 6.10 Å². The Bertz CT molecular complexity index is 1500. The molecule has 14 heteroatoms. The van der Waals surface area contributed by atoms with Crippen molar-refractivity contribution in [3.05, 3.63) is 47.7 Å². The molecule has 1 aromatic carbocycles. The van der Waals surface area contributed by atoms with Crippen LogP contribution in [0.4, 0.5) is 4.79 Å². The quantitative estimate of drug-likeness (QED) is 0.125. The Balaban J connectivity index is 1.89. The van der Waals surface area contributed by atoms with Gasteiger partial charge < -0.3 is 38.4 Å². The summed E-state index contributed by atoms with van der Waals surface area (Å²) in [6.45, 7) is 9.41. The van der Waals surface area contributed by atoms with Crippen LogP contribution in [-0.2, 0) is 38.1 Å². The minimum absolute atomic E-state index is 0.0207. The van der Waals surface area contributed by atoms with E-state index in [1.165, 1.54) is 4.90 Å². The lowest BCUT2D eigenvalue weighted by molar-refractivity contribution is -0.148. The second-order valence-corrected chi connectivity index (χ2v) is 14.3.